The van der Waals surface area contributed by atoms with Crippen molar-refractivity contribution < 1.29 is 5.03 Å². The first-order valence-corrected chi connectivity index (χ1v) is 5.23. The molecule has 1 heterocycles. The molecule has 15 heavy (non-hydrogen) atoms. The van der Waals surface area contributed by atoms with Crippen molar-refractivity contribution in [2.45, 2.75) is 14.3 Å². The van der Waals surface area contributed by atoms with Gasteiger partial charge in [0.15, 0.2) is 11.4 Å². The zero-order valence-corrected chi connectivity index (χ0v) is 10.5. The lowest BCUT2D eigenvalue weighted by Crippen LogP contribution is -2.56. The molecule has 1 N–H and O–H groups in total. The second-order valence-corrected chi connectivity index (χ2v) is 6.18. The number of nitrogens with one attached hydrogen (secondary N) is 1. The minimum Gasteiger partial charge on any atom is -0.277 e. The van der Waals surface area contributed by atoms with E-state index >= 15 is 0 Å². The number of nitro groups is 1. The zero-order valence-electron chi connectivity index (χ0n) is 6.70. The fourth-order valence-corrected chi connectivity index (χ4v) is 1.44. The number of hydrogen-bond donors (Lipinski definition) is 1. The molecule has 1 rings (SSSR count). The summed E-state index contributed by atoms with van der Waals surface area (Å²) in [6.07, 6.45) is -0.399. The molecule has 0 saturated heterocycles. The molecule has 1 aliphatic rings. The van der Waals surface area contributed by atoms with E-state index in [1.54, 1.807) is 0 Å². The van der Waals surface area contributed by atoms with E-state index in [-0.39, 0.29) is 0 Å². The van der Waals surface area contributed by atoms with Crippen LogP contribution in [0.1, 0.15) is 0 Å². The lowest BCUT2D eigenvalue weighted by Gasteiger charge is -2.32. The standard InChI is InChI=1S/C4H3Cl5N4O2/c5-3(6,4(7,8)9)2-11-10-1-12(2)13(14)15/h1-2,11H. The molecule has 0 fully saturated rings. The summed E-state index contributed by atoms with van der Waals surface area (Å²) in [6.45, 7) is 0. The lowest BCUT2D eigenvalue weighted by molar-refractivity contribution is -0.635. The third-order valence-electron chi connectivity index (χ3n) is 1.55. The molecule has 6 nitrogen and oxygen atoms in total. The minimum atomic E-state index is -2.12. The van der Waals surface area contributed by atoms with Crippen LogP contribution in [0.5, 0.6) is 0 Å². The van der Waals surface area contributed by atoms with Crippen LogP contribution in [0.4, 0.5) is 0 Å². The summed E-state index contributed by atoms with van der Waals surface area (Å²) in [5, 5.41) is 13.7. The van der Waals surface area contributed by atoms with E-state index in [1.165, 1.54) is 0 Å². The molecule has 0 aromatic carbocycles. The molecule has 0 aliphatic carbocycles. The fourth-order valence-electron chi connectivity index (χ4n) is 0.828. The van der Waals surface area contributed by atoms with Gasteiger partial charge in [0.25, 0.3) is 0 Å². The van der Waals surface area contributed by atoms with Gasteiger partial charge in [-0.3, -0.25) is 5.43 Å². The Hall–Kier alpha value is 0.120. The Bertz CT molecular complexity index is 302. The lowest BCUT2D eigenvalue weighted by atomic mass is 10.3. The summed E-state index contributed by atoms with van der Waals surface area (Å²) < 4.78 is -4.16. The van der Waals surface area contributed by atoms with Gasteiger partial charge in [-0.15, -0.1) is 0 Å². The van der Waals surface area contributed by atoms with Gasteiger partial charge in [-0.1, -0.05) is 63.0 Å². The first-order chi connectivity index (χ1) is 6.68. The Balaban J connectivity index is 2.94. The monoisotopic (exact) mass is 314 g/mol. The van der Waals surface area contributed by atoms with Gasteiger partial charge in [0.2, 0.25) is 14.3 Å². The van der Waals surface area contributed by atoms with E-state index in [1.807, 2.05) is 0 Å². The van der Waals surface area contributed by atoms with Gasteiger partial charge >= 0.3 is 0 Å². The Morgan fingerprint density at radius 3 is 2.33 bits per heavy atom. The number of hydrogen-bond acceptors (Lipinski definition) is 4. The third-order valence-corrected chi connectivity index (χ3v) is 4.00. The highest BCUT2D eigenvalue weighted by molar-refractivity contribution is 6.75. The molecule has 0 aromatic heterocycles. The fraction of sp³-hybridized carbons (Fsp3) is 0.750. The summed E-state index contributed by atoms with van der Waals surface area (Å²) >= 11 is 28.0. The Morgan fingerprint density at radius 2 is 1.93 bits per heavy atom. The minimum absolute atomic E-state index is 0.502. The van der Waals surface area contributed by atoms with Gasteiger partial charge in [0.1, 0.15) is 0 Å². The number of hydrazine groups is 1. The highest BCUT2D eigenvalue weighted by Gasteiger charge is 2.58. The van der Waals surface area contributed by atoms with Crippen LogP contribution in [0.3, 0.4) is 0 Å². The van der Waals surface area contributed by atoms with Crippen LogP contribution in [0.25, 0.3) is 0 Å². The van der Waals surface area contributed by atoms with Gasteiger partial charge in [-0.25, -0.2) is 10.1 Å². The van der Waals surface area contributed by atoms with Crippen molar-refractivity contribution in [2.24, 2.45) is 5.10 Å². The molecule has 11 heteroatoms. The van der Waals surface area contributed by atoms with E-state index in [4.69, 9.17) is 58.0 Å². The van der Waals surface area contributed by atoms with Crippen LogP contribution >= 0.6 is 58.0 Å². The maximum absolute atomic E-state index is 10.5. The average molecular weight is 316 g/mol. The Labute approximate surface area is 109 Å². The van der Waals surface area contributed by atoms with Crippen molar-refractivity contribution in [3.63, 3.8) is 0 Å². The molecule has 0 spiro atoms. The average Bonchev–Trinajstić information content (AvgIpc) is 2.48. The van der Waals surface area contributed by atoms with Crippen molar-refractivity contribution in [2.75, 3.05) is 0 Å². The SMILES string of the molecule is O=[N+]([O-])N1C=NNC1C(Cl)(Cl)C(Cl)(Cl)Cl. The number of hydrazone groups is 1. The molecule has 0 radical (unpaired) electrons. The van der Waals surface area contributed by atoms with Crippen LogP contribution in [-0.4, -0.2) is 30.7 Å². The van der Waals surface area contributed by atoms with Gasteiger partial charge < -0.3 is 0 Å². The summed E-state index contributed by atoms with van der Waals surface area (Å²) in [4.78, 5) is 10.5. The van der Waals surface area contributed by atoms with Gasteiger partial charge in [0.05, 0.1) is 0 Å². The second kappa shape index (κ2) is 4.18. The molecule has 1 aliphatic heterocycles. The summed E-state index contributed by atoms with van der Waals surface area (Å²) in [5.74, 6) is 0. The normalized spacial score (nSPS) is 21.7. The zero-order chi connectivity index (χ0) is 11.9. The van der Waals surface area contributed by atoms with Crippen LogP contribution in [0, 0.1) is 10.1 Å². The third kappa shape index (κ3) is 2.45. The molecule has 1 atom stereocenters. The Kier molecular flexibility index (Phi) is 3.67. The largest absolute Gasteiger partial charge is 0.277 e. The van der Waals surface area contributed by atoms with Crippen molar-refractivity contribution in [1.82, 2.24) is 10.4 Å². The molecular weight excluding hydrogens is 313 g/mol. The van der Waals surface area contributed by atoms with Crippen molar-refractivity contribution in [3.8, 4) is 0 Å². The summed E-state index contributed by atoms with van der Waals surface area (Å²) in [5.41, 5.74) is 2.27. The smallest absolute Gasteiger partial charge is 0.227 e. The van der Waals surface area contributed by atoms with Gasteiger partial charge in [-0.2, -0.15) is 5.10 Å². The summed E-state index contributed by atoms with van der Waals surface area (Å²) in [7, 11) is 0. The number of halogens is 5. The van der Waals surface area contributed by atoms with E-state index in [2.05, 4.69) is 10.5 Å². The highest BCUT2D eigenvalue weighted by atomic mass is 35.6. The van der Waals surface area contributed by atoms with Crippen LogP contribution in [-0.2, 0) is 0 Å². The summed E-state index contributed by atoms with van der Waals surface area (Å²) in [6, 6.07) is 0. The van der Waals surface area contributed by atoms with E-state index < -0.39 is 19.3 Å². The Morgan fingerprint density at radius 1 is 1.40 bits per heavy atom. The van der Waals surface area contributed by atoms with Gasteiger partial charge in [0, 0.05) is 0 Å². The number of rotatable bonds is 2. The van der Waals surface area contributed by atoms with Crippen molar-refractivity contribution >= 4 is 64.3 Å². The molecule has 1 unspecified atom stereocenters. The maximum atomic E-state index is 10.5. The molecule has 0 bridgehead atoms. The van der Waals surface area contributed by atoms with E-state index in [0.29, 0.717) is 5.01 Å². The molecule has 0 amide bonds. The second-order valence-electron chi connectivity index (χ2n) is 2.51. The topological polar surface area (TPSA) is 70.8 Å². The number of nitrogens with zero attached hydrogens (tertiary/aromatic N) is 3. The van der Waals surface area contributed by atoms with Crippen LogP contribution in [0.15, 0.2) is 5.10 Å². The van der Waals surface area contributed by atoms with Crippen molar-refractivity contribution in [1.29, 1.82) is 0 Å². The molecule has 86 valence electrons. The maximum Gasteiger partial charge on any atom is 0.227 e. The van der Waals surface area contributed by atoms with E-state index in [9.17, 15) is 10.1 Å². The van der Waals surface area contributed by atoms with Gasteiger partial charge in [-0.05, 0) is 0 Å². The molecule has 0 saturated carbocycles. The van der Waals surface area contributed by atoms with E-state index in [0.717, 1.165) is 6.34 Å². The predicted octanol–water partition coefficient (Wildman–Crippen LogP) is 1.90. The quantitative estimate of drug-likeness (QED) is 0.480. The highest BCUT2D eigenvalue weighted by Crippen LogP contribution is 2.48. The molecular formula is C4H3Cl5N4O2. The van der Waals surface area contributed by atoms with Crippen molar-refractivity contribution in [3.05, 3.63) is 10.1 Å². The van der Waals surface area contributed by atoms with Crippen LogP contribution < -0.4 is 5.43 Å². The molecule has 0 aromatic rings. The predicted molar refractivity (Wildman–Crippen MR) is 59.0 cm³/mol. The first kappa shape index (κ1) is 13.2. The van der Waals surface area contributed by atoms with Crippen LogP contribution in [0.2, 0.25) is 0 Å². The number of alkyl halides is 5. The first-order valence-electron chi connectivity index (χ1n) is 3.34.